The molecule has 0 unspecified atom stereocenters. The monoisotopic (exact) mass is 114 g/mol. The van der Waals surface area contributed by atoms with Gasteiger partial charge in [-0.05, 0) is 0 Å². The topological polar surface area (TPSA) is 57.5 Å². The molecule has 8 heavy (non-hydrogen) atoms. The third-order valence-corrected chi connectivity index (χ3v) is 0.664. The second kappa shape index (κ2) is 1.73. The van der Waals surface area contributed by atoms with E-state index in [0.29, 0.717) is 0 Å². The quantitative estimate of drug-likeness (QED) is 0.520. The van der Waals surface area contributed by atoms with E-state index < -0.39 is 5.82 Å². The molecule has 0 aliphatic carbocycles. The first-order chi connectivity index (χ1) is 3.83. The zero-order valence-corrected chi connectivity index (χ0v) is 4.25. The second-order valence-corrected chi connectivity index (χ2v) is 1.15. The Kier molecular flexibility index (Phi) is 1.07. The van der Waals surface area contributed by atoms with Crippen molar-refractivity contribution < 1.29 is 8.83 Å². The van der Waals surface area contributed by atoms with Crippen LogP contribution in [0.1, 0.15) is 0 Å². The molecule has 1 heterocycles. The summed E-state index contributed by atoms with van der Waals surface area (Å²) in [5.74, 6) is -0.499. The maximum Gasteiger partial charge on any atom is 0.520 e. The van der Waals surface area contributed by atoms with Crippen molar-refractivity contribution in [3.8, 4) is 0 Å². The summed E-state index contributed by atoms with van der Waals surface area (Å²) in [7, 11) is 1.51. The summed E-state index contributed by atoms with van der Waals surface area (Å²) in [6.07, 6.45) is 1.16. The highest BCUT2D eigenvalue weighted by atomic mass is 16.6. The molecule has 4 nitrogen and oxygen atoms in total. The second-order valence-electron chi connectivity index (χ2n) is 1.15. The summed E-state index contributed by atoms with van der Waals surface area (Å²) in [5, 5.41) is 3.53. The number of rotatable bonds is 1. The van der Waals surface area contributed by atoms with Gasteiger partial charge in [-0.2, -0.15) is 0 Å². The molecule has 1 radical (unpaired) electrons. The normalized spacial score (nSPS) is 9.12. The van der Waals surface area contributed by atoms with Gasteiger partial charge in [0.05, 0.1) is 0 Å². The molecule has 4 heteroatoms. The molecule has 0 atom stereocenters. The molecule has 0 saturated carbocycles. The minimum absolute atomic E-state index is 0.218. The van der Waals surface area contributed by atoms with Crippen molar-refractivity contribution in [2.75, 3.05) is 7.05 Å². The number of nitrogens with zero attached hydrogens (tertiary/aromatic N) is 1. The van der Waals surface area contributed by atoms with Gasteiger partial charge in [-0.3, -0.25) is 5.32 Å². The van der Waals surface area contributed by atoms with Crippen LogP contribution in [-0.4, -0.2) is 7.05 Å². The lowest BCUT2D eigenvalue weighted by atomic mass is 10.8. The van der Waals surface area contributed by atoms with Gasteiger partial charge in [0.1, 0.15) is 0 Å². The Morgan fingerprint density at radius 2 is 2.50 bits per heavy atom. The van der Waals surface area contributed by atoms with Gasteiger partial charge in [0.2, 0.25) is 0 Å². The Bertz CT molecular complexity index is 211. The molecular formula is C4H4NO3. The lowest BCUT2D eigenvalue weighted by molar-refractivity contribution is 0.385. The van der Waals surface area contributed by atoms with E-state index in [4.69, 9.17) is 0 Å². The van der Waals surface area contributed by atoms with Crippen molar-refractivity contribution in [1.29, 1.82) is 0 Å². The van der Waals surface area contributed by atoms with E-state index in [-0.39, 0.29) is 5.88 Å². The molecule has 0 aromatic carbocycles. The fourth-order valence-electron chi connectivity index (χ4n) is 0.330. The fourth-order valence-corrected chi connectivity index (χ4v) is 0.330. The van der Waals surface area contributed by atoms with Gasteiger partial charge < -0.3 is 8.83 Å². The van der Waals surface area contributed by atoms with Crippen molar-refractivity contribution in [3.63, 3.8) is 0 Å². The molecule has 0 amide bonds. The van der Waals surface area contributed by atoms with E-state index in [1.54, 1.807) is 0 Å². The number of hydrogen-bond acceptors (Lipinski definition) is 3. The predicted molar refractivity (Wildman–Crippen MR) is 25.0 cm³/mol. The first-order valence-corrected chi connectivity index (χ1v) is 2.01. The first-order valence-electron chi connectivity index (χ1n) is 2.01. The summed E-state index contributed by atoms with van der Waals surface area (Å²) in [6, 6.07) is 0. The molecule has 1 rings (SSSR count). The molecule has 0 spiro atoms. The fraction of sp³-hybridized carbons (Fsp3) is 0.250. The Hall–Kier alpha value is -1.19. The Balaban J connectivity index is 3.01. The van der Waals surface area contributed by atoms with Crippen molar-refractivity contribution >= 4 is 5.88 Å². The molecule has 0 bridgehead atoms. The van der Waals surface area contributed by atoms with Gasteiger partial charge in [0.25, 0.3) is 5.88 Å². The maximum absolute atomic E-state index is 10.1. The predicted octanol–water partition coefficient (Wildman–Crippen LogP) is 0.0985. The third kappa shape index (κ3) is 0.726. The van der Waals surface area contributed by atoms with E-state index in [1.807, 2.05) is 0 Å². The van der Waals surface area contributed by atoms with Crippen LogP contribution < -0.4 is 11.1 Å². The van der Waals surface area contributed by atoms with Crippen LogP contribution >= 0.6 is 0 Å². The van der Waals surface area contributed by atoms with Gasteiger partial charge in [-0.15, -0.1) is 0 Å². The standard InChI is InChI=1S/C4H4NO3/c1-5-3-2-7-4(6)8-3/h2H,1H3. The lowest BCUT2D eigenvalue weighted by Gasteiger charge is -1.77. The van der Waals surface area contributed by atoms with Crippen molar-refractivity contribution in [2.45, 2.75) is 0 Å². The van der Waals surface area contributed by atoms with Crippen LogP contribution in [0.2, 0.25) is 0 Å². The van der Waals surface area contributed by atoms with Crippen LogP contribution in [0.4, 0.5) is 5.88 Å². The average Bonchev–Trinajstić information content (AvgIpc) is 2.14. The molecule has 0 fully saturated rings. The van der Waals surface area contributed by atoms with Gasteiger partial charge in [0.15, 0.2) is 6.26 Å². The molecular weight excluding hydrogens is 110 g/mol. The molecule has 0 N–H and O–H groups in total. The van der Waals surface area contributed by atoms with Crippen LogP contribution in [-0.2, 0) is 0 Å². The SMILES string of the molecule is C[N]c1coc(=O)o1. The minimum Gasteiger partial charge on any atom is -0.397 e. The smallest absolute Gasteiger partial charge is 0.397 e. The van der Waals surface area contributed by atoms with Crippen LogP contribution in [0.3, 0.4) is 0 Å². The van der Waals surface area contributed by atoms with E-state index in [2.05, 4.69) is 14.2 Å². The average molecular weight is 114 g/mol. The van der Waals surface area contributed by atoms with Crippen molar-refractivity contribution in [2.24, 2.45) is 0 Å². The van der Waals surface area contributed by atoms with Gasteiger partial charge >= 0.3 is 5.82 Å². The molecule has 43 valence electrons. The highest BCUT2D eigenvalue weighted by Gasteiger charge is 1.95. The molecule has 0 saturated heterocycles. The Labute approximate surface area is 45.1 Å². The summed E-state index contributed by atoms with van der Waals surface area (Å²) >= 11 is 0. The van der Waals surface area contributed by atoms with Gasteiger partial charge in [-0.25, -0.2) is 4.79 Å². The summed E-state index contributed by atoms with van der Waals surface area (Å²) < 4.78 is 8.58. The summed E-state index contributed by atoms with van der Waals surface area (Å²) in [5.41, 5.74) is 0. The van der Waals surface area contributed by atoms with Gasteiger partial charge in [-0.1, -0.05) is 0 Å². The van der Waals surface area contributed by atoms with E-state index in [9.17, 15) is 4.79 Å². The van der Waals surface area contributed by atoms with Crippen LogP contribution in [0.5, 0.6) is 0 Å². The zero-order chi connectivity index (χ0) is 5.98. The maximum atomic E-state index is 10.1. The Morgan fingerprint density at radius 1 is 1.75 bits per heavy atom. The third-order valence-electron chi connectivity index (χ3n) is 0.664. The van der Waals surface area contributed by atoms with Crippen LogP contribution in [0, 0.1) is 0 Å². The molecule has 1 aromatic rings. The molecule has 0 aliphatic heterocycles. The van der Waals surface area contributed by atoms with E-state index >= 15 is 0 Å². The molecule has 0 aliphatic rings. The van der Waals surface area contributed by atoms with Crippen LogP contribution in [0.15, 0.2) is 19.9 Å². The summed E-state index contributed by atoms with van der Waals surface area (Å²) in [6.45, 7) is 0. The van der Waals surface area contributed by atoms with Gasteiger partial charge in [0, 0.05) is 7.05 Å². The largest absolute Gasteiger partial charge is 0.520 e. The first kappa shape index (κ1) is 4.96. The van der Waals surface area contributed by atoms with E-state index in [1.165, 1.54) is 7.05 Å². The summed E-state index contributed by atoms with van der Waals surface area (Å²) in [4.78, 5) is 10.1. The van der Waals surface area contributed by atoms with Crippen LogP contribution in [0.25, 0.3) is 0 Å². The lowest BCUT2D eigenvalue weighted by Crippen LogP contribution is -1.87. The minimum atomic E-state index is -0.717. The van der Waals surface area contributed by atoms with E-state index in [0.717, 1.165) is 6.26 Å². The van der Waals surface area contributed by atoms with Crippen molar-refractivity contribution in [1.82, 2.24) is 5.32 Å². The van der Waals surface area contributed by atoms with Crippen molar-refractivity contribution in [3.05, 3.63) is 16.9 Å². The highest BCUT2D eigenvalue weighted by molar-refractivity contribution is 5.10. The molecule has 1 aromatic heterocycles. The number of hydrogen-bond donors (Lipinski definition) is 0. The zero-order valence-electron chi connectivity index (χ0n) is 4.25. The highest BCUT2D eigenvalue weighted by Crippen LogP contribution is 1.98. The Morgan fingerprint density at radius 3 is 2.75 bits per heavy atom.